The van der Waals surface area contributed by atoms with Gasteiger partial charge in [-0.2, -0.15) is 10.1 Å². The van der Waals surface area contributed by atoms with E-state index < -0.39 is 0 Å². The molecule has 0 spiro atoms. The van der Waals surface area contributed by atoms with Crippen molar-refractivity contribution in [3.8, 4) is 0 Å². The molecule has 9 heteroatoms. The van der Waals surface area contributed by atoms with Gasteiger partial charge in [0.05, 0.1) is 25.1 Å². The Labute approximate surface area is 200 Å². The van der Waals surface area contributed by atoms with Crippen LogP contribution in [0.2, 0.25) is 0 Å². The van der Waals surface area contributed by atoms with Crippen molar-refractivity contribution in [1.29, 1.82) is 0 Å². The van der Waals surface area contributed by atoms with Crippen LogP contribution in [-0.4, -0.2) is 77.3 Å². The number of carbonyl (C=O) groups excluding carboxylic acids is 1. The van der Waals surface area contributed by atoms with Crippen LogP contribution in [0.1, 0.15) is 28.8 Å². The van der Waals surface area contributed by atoms with E-state index in [2.05, 4.69) is 46.0 Å². The van der Waals surface area contributed by atoms with Crippen molar-refractivity contribution in [2.24, 2.45) is 5.10 Å². The fourth-order valence-electron chi connectivity index (χ4n) is 4.89. The summed E-state index contributed by atoms with van der Waals surface area (Å²) in [5, 5.41) is 4.39. The number of amides is 1. The first-order chi connectivity index (χ1) is 16.6. The standard InChI is InChI=1S/C25H31N7O2/c1-3-23(33)31-8-7-20(15-31)32-16-21-22(17-32)27-25(28-24(21)30-9-11-34-12-10-30)29-26-14-19-6-4-5-18(2)13-19/h3-6,13-14,20H,1,7-12,15-17H2,2H3,(H,27,28,29)/b26-14+/t20-/m1/s1. The number of benzene rings is 1. The molecule has 9 nitrogen and oxygen atoms in total. The van der Waals surface area contributed by atoms with Gasteiger partial charge in [-0.15, -0.1) is 0 Å². The van der Waals surface area contributed by atoms with Crippen LogP contribution < -0.4 is 10.3 Å². The summed E-state index contributed by atoms with van der Waals surface area (Å²) in [6, 6.07) is 8.48. The molecule has 1 N–H and O–H groups in total. The van der Waals surface area contributed by atoms with Gasteiger partial charge in [0.2, 0.25) is 11.9 Å². The maximum atomic E-state index is 12.0. The zero-order chi connectivity index (χ0) is 23.5. The number of ether oxygens (including phenoxy) is 1. The van der Waals surface area contributed by atoms with E-state index in [-0.39, 0.29) is 5.91 Å². The fourth-order valence-corrected chi connectivity index (χ4v) is 4.89. The van der Waals surface area contributed by atoms with Crippen molar-refractivity contribution >= 4 is 23.9 Å². The number of carbonyl (C=O) groups is 1. The van der Waals surface area contributed by atoms with Crippen molar-refractivity contribution in [3.63, 3.8) is 0 Å². The molecule has 0 bridgehead atoms. The van der Waals surface area contributed by atoms with Gasteiger partial charge < -0.3 is 14.5 Å². The fraction of sp³-hybridized carbons (Fsp3) is 0.440. The first kappa shape index (κ1) is 22.5. The van der Waals surface area contributed by atoms with Gasteiger partial charge in [0.1, 0.15) is 5.82 Å². The molecule has 34 heavy (non-hydrogen) atoms. The second-order valence-corrected chi connectivity index (χ2v) is 9.02. The molecule has 4 heterocycles. The Hall–Kier alpha value is -3.30. The Kier molecular flexibility index (Phi) is 6.55. The average Bonchev–Trinajstić information content (AvgIpc) is 3.51. The van der Waals surface area contributed by atoms with Gasteiger partial charge in [0.15, 0.2) is 0 Å². The lowest BCUT2D eigenvalue weighted by atomic mass is 10.2. The molecule has 1 atom stereocenters. The topological polar surface area (TPSA) is 86.2 Å². The van der Waals surface area contributed by atoms with E-state index in [9.17, 15) is 4.79 Å². The van der Waals surface area contributed by atoms with Crippen molar-refractivity contribution in [3.05, 3.63) is 59.3 Å². The summed E-state index contributed by atoms with van der Waals surface area (Å²) in [5.74, 6) is 1.47. The number of morpholine rings is 1. The summed E-state index contributed by atoms with van der Waals surface area (Å²) in [5.41, 5.74) is 7.45. The summed E-state index contributed by atoms with van der Waals surface area (Å²) in [6.45, 7) is 11.7. The Bertz CT molecular complexity index is 1100. The Morgan fingerprint density at radius 2 is 2.09 bits per heavy atom. The van der Waals surface area contributed by atoms with E-state index in [1.165, 1.54) is 17.2 Å². The van der Waals surface area contributed by atoms with Crippen LogP contribution in [0.15, 0.2) is 42.0 Å². The lowest BCUT2D eigenvalue weighted by molar-refractivity contribution is -0.125. The van der Waals surface area contributed by atoms with Crippen LogP contribution in [0.5, 0.6) is 0 Å². The number of aromatic nitrogens is 2. The molecule has 5 rings (SSSR count). The number of nitrogens with zero attached hydrogens (tertiary/aromatic N) is 6. The third kappa shape index (κ3) is 4.80. The lowest BCUT2D eigenvalue weighted by Gasteiger charge is -2.29. The third-order valence-corrected chi connectivity index (χ3v) is 6.68. The number of hydrazone groups is 1. The minimum absolute atomic E-state index is 0.00552. The van der Waals surface area contributed by atoms with E-state index in [1.54, 1.807) is 6.21 Å². The Balaban J connectivity index is 1.36. The monoisotopic (exact) mass is 461 g/mol. The van der Waals surface area contributed by atoms with Crippen LogP contribution in [0, 0.1) is 6.92 Å². The summed E-state index contributed by atoms with van der Waals surface area (Å²) < 4.78 is 5.56. The van der Waals surface area contributed by atoms with Crippen LogP contribution in [-0.2, 0) is 22.6 Å². The summed E-state index contributed by atoms with van der Waals surface area (Å²) in [6.07, 6.45) is 4.14. The van der Waals surface area contributed by atoms with Gasteiger partial charge in [-0.05, 0) is 25.0 Å². The number of nitrogens with one attached hydrogen (secondary N) is 1. The molecule has 1 aromatic heterocycles. The average molecular weight is 462 g/mol. The minimum Gasteiger partial charge on any atom is -0.378 e. The molecule has 1 amide bonds. The molecule has 1 aromatic carbocycles. The number of fused-ring (bicyclic) bond motifs is 1. The van der Waals surface area contributed by atoms with Crippen molar-refractivity contribution < 1.29 is 9.53 Å². The van der Waals surface area contributed by atoms with Gasteiger partial charge in [-0.3, -0.25) is 9.69 Å². The lowest BCUT2D eigenvalue weighted by Crippen LogP contribution is -2.38. The summed E-state index contributed by atoms with van der Waals surface area (Å²) >= 11 is 0. The maximum Gasteiger partial charge on any atom is 0.246 e. The van der Waals surface area contributed by atoms with Crippen LogP contribution in [0.3, 0.4) is 0 Å². The SMILES string of the molecule is C=CC(=O)N1CC[C@@H](N2Cc3nc(N/N=C/c4cccc(C)c4)nc(N4CCOCC4)c3C2)C1. The number of aryl methyl sites for hydroxylation is 1. The molecule has 2 aromatic rings. The molecule has 0 unspecified atom stereocenters. The second kappa shape index (κ2) is 9.90. The van der Waals surface area contributed by atoms with E-state index in [4.69, 9.17) is 14.7 Å². The van der Waals surface area contributed by atoms with Crippen molar-refractivity contribution in [2.45, 2.75) is 32.5 Å². The molecule has 3 aliphatic heterocycles. The van der Waals surface area contributed by atoms with Crippen molar-refractivity contribution in [2.75, 3.05) is 49.7 Å². The van der Waals surface area contributed by atoms with Crippen molar-refractivity contribution in [1.82, 2.24) is 19.8 Å². The summed E-state index contributed by atoms with van der Waals surface area (Å²) in [4.78, 5) is 28.3. The number of hydrogen-bond donors (Lipinski definition) is 1. The smallest absolute Gasteiger partial charge is 0.246 e. The second-order valence-electron chi connectivity index (χ2n) is 9.02. The quantitative estimate of drug-likeness (QED) is 0.401. The maximum absolute atomic E-state index is 12.0. The first-order valence-electron chi connectivity index (χ1n) is 11.8. The first-order valence-corrected chi connectivity index (χ1v) is 11.8. The van der Waals surface area contributed by atoms with Gasteiger partial charge in [-0.1, -0.05) is 36.4 Å². The highest BCUT2D eigenvalue weighted by atomic mass is 16.5. The number of hydrogen-bond acceptors (Lipinski definition) is 8. The molecule has 0 aliphatic carbocycles. The molecule has 2 fully saturated rings. The van der Waals surface area contributed by atoms with Crippen LogP contribution in [0.25, 0.3) is 0 Å². The predicted molar refractivity (Wildman–Crippen MR) is 132 cm³/mol. The van der Waals surface area contributed by atoms with E-state index in [0.717, 1.165) is 62.8 Å². The van der Waals surface area contributed by atoms with E-state index in [1.807, 2.05) is 17.0 Å². The zero-order valence-electron chi connectivity index (χ0n) is 19.6. The largest absolute Gasteiger partial charge is 0.378 e. The third-order valence-electron chi connectivity index (χ3n) is 6.68. The Morgan fingerprint density at radius 1 is 1.24 bits per heavy atom. The number of likely N-dealkylation sites (tertiary alicyclic amines) is 1. The molecule has 3 aliphatic rings. The minimum atomic E-state index is 0.00552. The summed E-state index contributed by atoms with van der Waals surface area (Å²) in [7, 11) is 0. The van der Waals surface area contributed by atoms with E-state index >= 15 is 0 Å². The molecule has 0 saturated carbocycles. The molecule has 0 radical (unpaired) electrons. The highest BCUT2D eigenvalue weighted by Gasteiger charge is 2.35. The number of anilines is 2. The van der Waals surface area contributed by atoms with E-state index in [0.29, 0.717) is 25.2 Å². The molecular weight excluding hydrogens is 430 g/mol. The van der Waals surface area contributed by atoms with Gasteiger partial charge in [0, 0.05) is 50.9 Å². The normalized spacial score (nSPS) is 20.7. The molecular formula is C25H31N7O2. The highest BCUT2D eigenvalue weighted by molar-refractivity contribution is 5.87. The molecule has 2 saturated heterocycles. The zero-order valence-corrected chi connectivity index (χ0v) is 19.6. The highest BCUT2D eigenvalue weighted by Crippen LogP contribution is 2.33. The van der Waals surface area contributed by atoms with Crippen LogP contribution >= 0.6 is 0 Å². The van der Waals surface area contributed by atoms with Crippen LogP contribution in [0.4, 0.5) is 11.8 Å². The number of rotatable bonds is 6. The Morgan fingerprint density at radius 3 is 2.88 bits per heavy atom. The molecule has 178 valence electrons. The predicted octanol–water partition coefficient (Wildman–Crippen LogP) is 2.17. The van der Waals surface area contributed by atoms with Gasteiger partial charge in [0.25, 0.3) is 0 Å². The van der Waals surface area contributed by atoms with Gasteiger partial charge >= 0.3 is 0 Å². The van der Waals surface area contributed by atoms with Gasteiger partial charge in [-0.25, -0.2) is 10.4 Å².